The van der Waals surface area contributed by atoms with Crippen LogP contribution in [0, 0.1) is 0 Å². The molecular formula is C13H15N3O3S. The minimum atomic E-state index is -3.66. The first kappa shape index (κ1) is 14.3. The van der Waals surface area contributed by atoms with Crippen molar-refractivity contribution in [3.63, 3.8) is 0 Å². The molecule has 0 aliphatic carbocycles. The van der Waals surface area contributed by atoms with Crippen molar-refractivity contribution in [3.05, 3.63) is 48.3 Å². The van der Waals surface area contributed by atoms with E-state index in [0.29, 0.717) is 17.0 Å². The van der Waals surface area contributed by atoms with Crippen molar-refractivity contribution in [1.29, 1.82) is 0 Å². The summed E-state index contributed by atoms with van der Waals surface area (Å²) in [7, 11) is -2.15. The van der Waals surface area contributed by atoms with Crippen LogP contribution in [0.2, 0.25) is 0 Å². The molecule has 1 aromatic carbocycles. The highest BCUT2D eigenvalue weighted by atomic mass is 32.2. The lowest BCUT2D eigenvalue weighted by Gasteiger charge is -2.11. The number of hydrogen-bond donors (Lipinski definition) is 2. The van der Waals surface area contributed by atoms with Crippen LogP contribution in [0.1, 0.15) is 5.56 Å². The Kier molecular flexibility index (Phi) is 4.21. The van der Waals surface area contributed by atoms with Crippen molar-refractivity contribution in [2.45, 2.75) is 11.4 Å². The van der Waals surface area contributed by atoms with Crippen LogP contribution in [0.25, 0.3) is 0 Å². The molecule has 6 nitrogen and oxygen atoms in total. The van der Waals surface area contributed by atoms with Gasteiger partial charge in [-0.2, -0.15) is 0 Å². The van der Waals surface area contributed by atoms with Crippen molar-refractivity contribution in [2.75, 3.05) is 11.8 Å². The fraction of sp³-hybridized carbons (Fsp3) is 0.154. The molecule has 0 radical (unpaired) electrons. The molecule has 0 fully saturated rings. The second-order valence-electron chi connectivity index (χ2n) is 4.02. The maximum atomic E-state index is 12.3. The van der Waals surface area contributed by atoms with Crippen LogP contribution in [0.15, 0.2) is 47.6 Å². The highest BCUT2D eigenvalue weighted by molar-refractivity contribution is 7.92. The van der Waals surface area contributed by atoms with E-state index in [1.165, 1.54) is 31.6 Å². The van der Waals surface area contributed by atoms with Gasteiger partial charge in [-0.1, -0.05) is 0 Å². The fourth-order valence-electron chi connectivity index (χ4n) is 1.72. The summed E-state index contributed by atoms with van der Waals surface area (Å²) in [5.74, 6) is 0.565. The maximum absolute atomic E-state index is 12.3. The number of pyridine rings is 1. The van der Waals surface area contributed by atoms with E-state index in [2.05, 4.69) is 9.71 Å². The molecule has 1 aromatic heterocycles. The zero-order chi connectivity index (χ0) is 14.6. The number of methoxy groups -OCH3 is 1. The topological polar surface area (TPSA) is 94.3 Å². The van der Waals surface area contributed by atoms with E-state index < -0.39 is 10.0 Å². The third kappa shape index (κ3) is 3.06. The highest BCUT2D eigenvalue weighted by Crippen LogP contribution is 2.23. The van der Waals surface area contributed by atoms with Gasteiger partial charge in [-0.15, -0.1) is 0 Å². The molecule has 0 spiro atoms. The Bertz CT molecular complexity index is 687. The Labute approximate surface area is 117 Å². The first-order chi connectivity index (χ1) is 9.56. The molecule has 0 unspecified atom stereocenters. The number of anilines is 1. The third-order valence-electron chi connectivity index (χ3n) is 2.71. The fourth-order valence-corrected chi connectivity index (χ4v) is 2.82. The minimum Gasteiger partial charge on any atom is -0.496 e. The number of sulfonamides is 1. The summed E-state index contributed by atoms with van der Waals surface area (Å²) in [6, 6.07) is 7.71. The van der Waals surface area contributed by atoms with E-state index in [4.69, 9.17) is 10.5 Å². The van der Waals surface area contributed by atoms with Gasteiger partial charge in [-0.3, -0.25) is 9.71 Å². The average Bonchev–Trinajstić information content (AvgIpc) is 2.47. The Morgan fingerprint density at radius 2 is 1.95 bits per heavy atom. The van der Waals surface area contributed by atoms with Crippen LogP contribution in [0.5, 0.6) is 5.75 Å². The van der Waals surface area contributed by atoms with Gasteiger partial charge in [-0.05, 0) is 30.3 Å². The highest BCUT2D eigenvalue weighted by Gasteiger charge is 2.16. The number of ether oxygens (including phenoxy) is 1. The second kappa shape index (κ2) is 5.89. The van der Waals surface area contributed by atoms with Gasteiger partial charge < -0.3 is 10.5 Å². The van der Waals surface area contributed by atoms with Gasteiger partial charge in [0.1, 0.15) is 5.75 Å². The molecule has 7 heteroatoms. The first-order valence-corrected chi connectivity index (χ1v) is 7.35. The van der Waals surface area contributed by atoms with Crippen LogP contribution in [0.4, 0.5) is 5.69 Å². The maximum Gasteiger partial charge on any atom is 0.261 e. The van der Waals surface area contributed by atoms with Gasteiger partial charge in [0, 0.05) is 24.5 Å². The lowest BCUT2D eigenvalue weighted by atomic mass is 10.2. The average molecular weight is 293 g/mol. The summed E-state index contributed by atoms with van der Waals surface area (Å²) >= 11 is 0. The lowest BCUT2D eigenvalue weighted by molar-refractivity contribution is 0.409. The molecule has 0 saturated carbocycles. The summed E-state index contributed by atoms with van der Waals surface area (Å²) in [5, 5.41) is 0. The van der Waals surface area contributed by atoms with Crippen molar-refractivity contribution in [1.82, 2.24) is 4.98 Å². The van der Waals surface area contributed by atoms with Crippen LogP contribution >= 0.6 is 0 Å². The molecule has 1 heterocycles. The quantitative estimate of drug-likeness (QED) is 0.867. The Balaban J connectivity index is 2.35. The van der Waals surface area contributed by atoms with Gasteiger partial charge in [0.15, 0.2) is 0 Å². The summed E-state index contributed by atoms with van der Waals surface area (Å²) in [5.41, 5.74) is 6.67. The molecule has 2 rings (SSSR count). The summed E-state index contributed by atoms with van der Waals surface area (Å²) in [4.78, 5) is 3.97. The van der Waals surface area contributed by atoms with E-state index >= 15 is 0 Å². The zero-order valence-electron chi connectivity index (χ0n) is 10.9. The monoisotopic (exact) mass is 293 g/mol. The van der Waals surface area contributed by atoms with Crippen molar-refractivity contribution in [2.24, 2.45) is 5.73 Å². The van der Waals surface area contributed by atoms with Crippen molar-refractivity contribution < 1.29 is 13.2 Å². The number of rotatable bonds is 5. The van der Waals surface area contributed by atoms with E-state index in [1.807, 2.05) is 0 Å². The number of nitrogens with zero attached hydrogens (tertiary/aromatic N) is 1. The predicted molar refractivity (Wildman–Crippen MR) is 75.9 cm³/mol. The van der Waals surface area contributed by atoms with Gasteiger partial charge in [-0.25, -0.2) is 8.42 Å². The number of nitrogens with one attached hydrogen (secondary N) is 1. The molecule has 0 aliphatic rings. The molecule has 106 valence electrons. The van der Waals surface area contributed by atoms with Crippen LogP contribution in [-0.2, 0) is 16.6 Å². The summed E-state index contributed by atoms with van der Waals surface area (Å²) in [6.45, 7) is 0.196. The van der Waals surface area contributed by atoms with E-state index in [-0.39, 0.29) is 11.4 Å². The third-order valence-corrected chi connectivity index (χ3v) is 4.09. The predicted octanol–water partition coefficient (Wildman–Crippen LogP) is 1.35. The molecule has 3 N–H and O–H groups in total. The SMILES string of the molecule is COc1ccc(S(=O)(=O)Nc2ccncc2)cc1CN. The zero-order valence-corrected chi connectivity index (χ0v) is 11.7. The van der Waals surface area contributed by atoms with E-state index in [1.54, 1.807) is 18.2 Å². The second-order valence-corrected chi connectivity index (χ2v) is 5.70. The molecule has 0 amide bonds. The van der Waals surface area contributed by atoms with Crippen LogP contribution in [-0.4, -0.2) is 20.5 Å². The van der Waals surface area contributed by atoms with Crippen molar-refractivity contribution in [3.8, 4) is 5.75 Å². The van der Waals surface area contributed by atoms with Crippen molar-refractivity contribution >= 4 is 15.7 Å². The number of hydrogen-bond acceptors (Lipinski definition) is 5. The van der Waals surface area contributed by atoms with E-state index in [9.17, 15) is 8.42 Å². The van der Waals surface area contributed by atoms with Gasteiger partial charge in [0.2, 0.25) is 0 Å². The normalized spacial score (nSPS) is 11.1. The Morgan fingerprint density at radius 1 is 1.25 bits per heavy atom. The van der Waals surface area contributed by atoms with E-state index in [0.717, 1.165) is 0 Å². The lowest BCUT2D eigenvalue weighted by Crippen LogP contribution is -2.14. The molecule has 0 saturated heterocycles. The largest absolute Gasteiger partial charge is 0.496 e. The Morgan fingerprint density at radius 3 is 2.55 bits per heavy atom. The van der Waals surface area contributed by atoms with Gasteiger partial charge in [0.25, 0.3) is 10.0 Å². The molecule has 20 heavy (non-hydrogen) atoms. The number of benzene rings is 1. The molecule has 0 aliphatic heterocycles. The molecule has 2 aromatic rings. The summed E-state index contributed by atoms with van der Waals surface area (Å²) in [6.07, 6.45) is 3.02. The van der Waals surface area contributed by atoms with Crippen LogP contribution < -0.4 is 15.2 Å². The number of aromatic nitrogens is 1. The summed E-state index contributed by atoms with van der Waals surface area (Å²) < 4.78 is 32.1. The Hall–Kier alpha value is -2.12. The molecule has 0 bridgehead atoms. The van der Waals surface area contributed by atoms with Gasteiger partial charge >= 0.3 is 0 Å². The van der Waals surface area contributed by atoms with Crippen LogP contribution in [0.3, 0.4) is 0 Å². The molecule has 0 atom stereocenters. The van der Waals surface area contributed by atoms with Gasteiger partial charge in [0.05, 0.1) is 17.7 Å². The molecular weight excluding hydrogens is 278 g/mol. The minimum absolute atomic E-state index is 0.135. The number of nitrogens with two attached hydrogens (primary N) is 1. The standard InChI is InChI=1S/C13H15N3O3S/c1-19-13-3-2-12(8-10(13)9-14)20(17,18)16-11-4-6-15-7-5-11/h2-8H,9,14H2,1H3,(H,15,16). The smallest absolute Gasteiger partial charge is 0.261 e. The first-order valence-electron chi connectivity index (χ1n) is 5.86.